The molecule has 0 N–H and O–H groups in total. The molecular weight excluding hydrogens is 274 g/mol. The highest BCUT2D eigenvalue weighted by molar-refractivity contribution is 5.84. The van der Waals surface area contributed by atoms with Gasteiger partial charge >= 0.3 is 5.97 Å². The number of hydrogen-bond donors (Lipinski definition) is 0. The molecule has 0 aromatic rings. The predicted octanol–water partition coefficient (Wildman–Crippen LogP) is 1.75. The van der Waals surface area contributed by atoms with Crippen molar-refractivity contribution in [1.29, 1.82) is 0 Å². The lowest BCUT2D eigenvalue weighted by Crippen LogP contribution is -2.43. The topological polar surface area (TPSA) is 86.5 Å². The Bertz CT molecular complexity index is 540. The van der Waals surface area contributed by atoms with Crippen molar-refractivity contribution in [2.24, 2.45) is 23.7 Å². The molecule has 6 atom stereocenters. The first-order valence-electron chi connectivity index (χ1n) is 7.45. The van der Waals surface area contributed by atoms with Crippen molar-refractivity contribution < 1.29 is 19.2 Å². The van der Waals surface area contributed by atoms with Crippen LogP contribution in [-0.2, 0) is 14.3 Å². The molecule has 0 radical (unpaired) electrons. The fraction of sp³-hybridized carbons (Fsp3) is 0.733. The lowest BCUT2D eigenvalue weighted by molar-refractivity contribution is -0.524. The van der Waals surface area contributed by atoms with E-state index in [0.29, 0.717) is 19.3 Å². The van der Waals surface area contributed by atoms with Crippen LogP contribution in [0.5, 0.6) is 0 Å². The van der Waals surface area contributed by atoms with E-state index in [-0.39, 0.29) is 40.5 Å². The fourth-order valence-electron chi connectivity index (χ4n) is 4.40. The number of nitro groups is 1. The zero-order valence-corrected chi connectivity index (χ0v) is 12.2. The Kier molecular flexibility index (Phi) is 3.34. The molecule has 2 fully saturated rings. The number of fused-ring (bicyclic) bond motifs is 2. The number of rotatable bonds is 2. The molecular formula is C15H19NO5. The van der Waals surface area contributed by atoms with Crippen LogP contribution in [0.4, 0.5) is 0 Å². The van der Waals surface area contributed by atoms with E-state index in [9.17, 15) is 19.7 Å². The van der Waals surface area contributed by atoms with Crippen molar-refractivity contribution in [2.45, 2.75) is 45.3 Å². The van der Waals surface area contributed by atoms with Crippen molar-refractivity contribution in [3.05, 3.63) is 21.8 Å². The SMILES string of the molecule is CC(=O)[C@@H]1[C@@H]2[C@@H](C)OC(=O)[C@@H]2C=C2C[C@H]([N+](=O)[O-])CC[C@H]21. The smallest absolute Gasteiger partial charge is 0.313 e. The second kappa shape index (κ2) is 4.93. The van der Waals surface area contributed by atoms with Gasteiger partial charge < -0.3 is 4.74 Å². The number of nitrogens with zero attached hydrogens (tertiary/aromatic N) is 1. The van der Waals surface area contributed by atoms with Crippen LogP contribution in [0.2, 0.25) is 0 Å². The fourth-order valence-corrected chi connectivity index (χ4v) is 4.40. The zero-order chi connectivity index (χ0) is 15.3. The number of cyclic esters (lactones) is 1. The second-order valence-electron chi connectivity index (χ2n) is 6.45. The molecule has 0 amide bonds. The number of carbonyl (C=O) groups is 2. The maximum absolute atomic E-state index is 12.1. The third kappa shape index (κ3) is 2.17. The third-order valence-corrected chi connectivity index (χ3v) is 5.30. The van der Waals surface area contributed by atoms with Crippen molar-refractivity contribution >= 4 is 11.8 Å². The molecule has 3 rings (SSSR count). The van der Waals surface area contributed by atoms with Gasteiger partial charge in [0.25, 0.3) is 0 Å². The van der Waals surface area contributed by atoms with Gasteiger partial charge in [0.1, 0.15) is 11.9 Å². The van der Waals surface area contributed by atoms with Gasteiger partial charge in [-0.3, -0.25) is 19.7 Å². The number of hydrogen-bond acceptors (Lipinski definition) is 5. The molecule has 6 heteroatoms. The molecule has 2 aliphatic carbocycles. The van der Waals surface area contributed by atoms with E-state index < -0.39 is 12.0 Å². The van der Waals surface area contributed by atoms with Gasteiger partial charge in [0.15, 0.2) is 0 Å². The molecule has 6 nitrogen and oxygen atoms in total. The summed E-state index contributed by atoms with van der Waals surface area (Å²) in [5.74, 6) is -0.971. The van der Waals surface area contributed by atoms with Crippen LogP contribution in [0.3, 0.4) is 0 Å². The Morgan fingerprint density at radius 1 is 1.43 bits per heavy atom. The minimum absolute atomic E-state index is 0.0388. The van der Waals surface area contributed by atoms with Crippen molar-refractivity contribution in [1.82, 2.24) is 0 Å². The van der Waals surface area contributed by atoms with Crippen LogP contribution in [0.25, 0.3) is 0 Å². The first-order valence-corrected chi connectivity index (χ1v) is 7.45. The molecule has 0 aromatic heterocycles. The van der Waals surface area contributed by atoms with Gasteiger partial charge in [-0.2, -0.15) is 0 Å². The van der Waals surface area contributed by atoms with Gasteiger partial charge in [-0.1, -0.05) is 11.6 Å². The molecule has 21 heavy (non-hydrogen) atoms. The van der Waals surface area contributed by atoms with Crippen LogP contribution in [0.15, 0.2) is 11.6 Å². The lowest BCUT2D eigenvalue weighted by atomic mass is 9.61. The third-order valence-electron chi connectivity index (χ3n) is 5.30. The highest BCUT2D eigenvalue weighted by atomic mass is 16.6. The van der Waals surface area contributed by atoms with Crippen LogP contribution in [0, 0.1) is 33.8 Å². The highest BCUT2D eigenvalue weighted by Crippen LogP contribution is 2.50. The minimum Gasteiger partial charge on any atom is -0.462 e. The van der Waals surface area contributed by atoms with Gasteiger partial charge in [-0.25, -0.2) is 0 Å². The Hall–Kier alpha value is -1.72. The van der Waals surface area contributed by atoms with E-state index in [4.69, 9.17) is 4.74 Å². The number of carbonyl (C=O) groups excluding carboxylic acids is 2. The molecule has 1 heterocycles. The monoisotopic (exact) mass is 293 g/mol. The lowest BCUT2D eigenvalue weighted by Gasteiger charge is -2.40. The van der Waals surface area contributed by atoms with Crippen LogP contribution >= 0.6 is 0 Å². The second-order valence-corrected chi connectivity index (χ2v) is 6.45. The van der Waals surface area contributed by atoms with Gasteiger partial charge in [-0.05, 0) is 26.2 Å². The Labute approximate surface area is 122 Å². The molecule has 0 spiro atoms. The molecule has 1 saturated carbocycles. The summed E-state index contributed by atoms with van der Waals surface area (Å²) in [6, 6.07) is -0.591. The van der Waals surface area contributed by atoms with E-state index in [1.165, 1.54) is 0 Å². The van der Waals surface area contributed by atoms with Gasteiger partial charge in [-0.15, -0.1) is 0 Å². The summed E-state index contributed by atoms with van der Waals surface area (Å²) in [5.41, 5.74) is 0.912. The molecule has 3 aliphatic rings. The first kappa shape index (κ1) is 14.2. The highest BCUT2D eigenvalue weighted by Gasteiger charge is 2.54. The Morgan fingerprint density at radius 3 is 2.76 bits per heavy atom. The van der Waals surface area contributed by atoms with Crippen molar-refractivity contribution in [3.63, 3.8) is 0 Å². The first-order chi connectivity index (χ1) is 9.90. The van der Waals surface area contributed by atoms with E-state index in [2.05, 4.69) is 0 Å². The van der Waals surface area contributed by atoms with Gasteiger partial charge in [0.2, 0.25) is 6.04 Å². The van der Waals surface area contributed by atoms with Crippen molar-refractivity contribution in [2.75, 3.05) is 0 Å². The van der Waals surface area contributed by atoms with Gasteiger partial charge in [0.05, 0.1) is 5.92 Å². The summed E-state index contributed by atoms with van der Waals surface area (Å²) in [4.78, 5) is 34.9. The van der Waals surface area contributed by atoms with E-state index in [1.54, 1.807) is 6.92 Å². The summed E-state index contributed by atoms with van der Waals surface area (Å²) in [7, 11) is 0. The van der Waals surface area contributed by atoms with E-state index in [0.717, 1.165) is 5.57 Å². The minimum atomic E-state index is -0.591. The maximum Gasteiger partial charge on any atom is 0.313 e. The average Bonchev–Trinajstić information content (AvgIpc) is 2.70. The largest absolute Gasteiger partial charge is 0.462 e. The zero-order valence-electron chi connectivity index (χ0n) is 12.2. The number of ether oxygens (including phenoxy) is 1. The summed E-state index contributed by atoms with van der Waals surface area (Å²) >= 11 is 0. The normalized spacial score (nSPS) is 41.6. The number of ketones is 1. The van der Waals surface area contributed by atoms with Crippen LogP contribution in [0.1, 0.15) is 33.1 Å². The van der Waals surface area contributed by atoms with E-state index >= 15 is 0 Å². The van der Waals surface area contributed by atoms with Gasteiger partial charge in [0, 0.05) is 29.6 Å². The molecule has 0 aromatic carbocycles. The van der Waals surface area contributed by atoms with E-state index in [1.807, 2.05) is 13.0 Å². The molecule has 1 aliphatic heterocycles. The Balaban J connectivity index is 1.98. The molecule has 1 saturated heterocycles. The maximum atomic E-state index is 12.1. The summed E-state index contributed by atoms with van der Waals surface area (Å²) < 4.78 is 5.30. The van der Waals surface area contributed by atoms with Crippen LogP contribution in [-0.4, -0.2) is 28.8 Å². The number of esters is 1. The van der Waals surface area contributed by atoms with Crippen LogP contribution < -0.4 is 0 Å². The molecule has 0 unspecified atom stereocenters. The summed E-state index contributed by atoms with van der Waals surface area (Å²) in [6.45, 7) is 3.39. The Morgan fingerprint density at radius 2 is 2.14 bits per heavy atom. The average molecular weight is 293 g/mol. The summed E-state index contributed by atoms with van der Waals surface area (Å²) in [6.07, 6.45) is 3.09. The van der Waals surface area contributed by atoms with Crippen molar-refractivity contribution in [3.8, 4) is 0 Å². The summed E-state index contributed by atoms with van der Waals surface area (Å²) in [5, 5.41) is 11.0. The molecule has 0 bridgehead atoms. The predicted molar refractivity (Wildman–Crippen MR) is 72.9 cm³/mol. The standard InChI is InChI=1S/C15H19NO5/c1-7(17)13-11-4-3-10(16(19)20)5-9(11)6-12-14(13)8(2)21-15(12)18/h6,8,10-14H,3-5H2,1-2H3/t8-,10-,11-,12-,13+,14-/m1/s1. The molecule has 114 valence electrons. The number of Topliss-reactive ketones (excluding diaryl/α,β-unsaturated/α-hetero) is 1. The quantitative estimate of drug-likeness (QED) is 0.335.